The van der Waals surface area contributed by atoms with Crippen LogP contribution in [0.1, 0.15) is 32.7 Å². The number of anilines is 1. The zero-order valence-electron chi connectivity index (χ0n) is 10.3. The first-order chi connectivity index (χ1) is 8.15. The third-order valence-electron chi connectivity index (χ3n) is 3.01. The average Bonchev–Trinajstić information content (AvgIpc) is 3.10. The van der Waals surface area contributed by atoms with Crippen molar-refractivity contribution in [3.8, 4) is 0 Å². The molecule has 0 unspecified atom stereocenters. The van der Waals surface area contributed by atoms with E-state index in [2.05, 4.69) is 4.98 Å². The van der Waals surface area contributed by atoms with Crippen molar-refractivity contribution in [2.75, 3.05) is 18.1 Å². The van der Waals surface area contributed by atoms with Gasteiger partial charge in [-0.3, -0.25) is 4.79 Å². The lowest BCUT2D eigenvalue weighted by Crippen LogP contribution is -2.37. The van der Waals surface area contributed by atoms with Crippen molar-refractivity contribution in [3.63, 3.8) is 0 Å². The SMILES string of the molecule is CC(C)n1ccnc(N(CCO)C2CC2)c1=O. The van der Waals surface area contributed by atoms with Crippen LogP contribution in [0.5, 0.6) is 0 Å². The van der Waals surface area contributed by atoms with E-state index in [4.69, 9.17) is 5.11 Å². The molecule has 0 aromatic carbocycles. The van der Waals surface area contributed by atoms with Crippen LogP contribution in [0.25, 0.3) is 0 Å². The molecular formula is C12H19N3O2. The van der Waals surface area contributed by atoms with Gasteiger partial charge in [0.15, 0.2) is 5.82 Å². The second-order valence-electron chi connectivity index (χ2n) is 4.71. The standard InChI is InChI=1S/C12H19N3O2/c1-9(2)14-6-5-13-11(12(14)17)15(7-8-16)10-3-4-10/h5-6,9-10,16H,3-4,7-8H2,1-2H3. The lowest BCUT2D eigenvalue weighted by Gasteiger charge is -2.22. The highest BCUT2D eigenvalue weighted by Gasteiger charge is 2.31. The van der Waals surface area contributed by atoms with Gasteiger partial charge >= 0.3 is 0 Å². The van der Waals surface area contributed by atoms with Gasteiger partial charge in [0.05, 0.1) is 6.61 Å². The molecule has 0 spiro atoms. The second-order valence-corrected chi connectivity index (χ2v) is 4.71. The van der Waals surface area contributed by atoms with Crippen LogP contribution in [0.3, 0.4) is 0 Å². The van der Waals surface area contributed by atoms with E-state index in [9.17, 15) is 4.79 Å². The van der Waals surface area contributed by atoms with E-state index in [0.717, 1.165) is 12.8 Å². The predicted octanol–water partition coefficient (Wildman–Crippen LogP) is 0.785. The lowest BCUT2D eigenvalue weighted by molar-refractivity contribution is 0.300. The van der Waals surface area contributed by atoms with Gasteiger partial charge in [0.1, 0.15) is 0 Å². The molecule has 0 saturated heterocycles. The molecule has 17 heavy (non-hydrogen) atoms. The molecule has 1 saturated carbocycles. The number of hydrogen-bond donors (Lipinski definition) is 1. The Morgan fingerprint density at radius 3 is 2.82 bits per heavy atom. The molecule has 94 valence electrons. The van der Waals surface area contributed by atoms with E-state index in [1.54, 1.807) is 17.0 Å². The van der Waals surface area contributed by atoms with Gasteiger partial charge in [-0.05, 0) is 26.7 Å². The second kappa shape index (κ2) is 4.87. The van der Waals surface area contributed by atoms with Crippen molar-refractivity contribution in [2.24, 2.45) is 0 Å². The summed E-state index contributed by atoms with van der Waals surface area (Å²) in [5.41, 5.74) is -0.0668. The Morgan fingerprint density at radius 1 is 1.59 bits per heavy atom. The quantitative estimate of drug-likeness (QED) is 0.822. The predicted molar refractivity (Wildman–Crippen MR) is 66.3 cm³/mol. The van der Waals surface area contributed by atoms with Crippen molar-refractivity contribution in [2.45, 2.75) is 38.8 Å². The Labute approximate surface area is 101 Å². The Morgan fingerprint density at radius 2 is 2.29 bits per heavy atom. The van der Waals surface area contributed by atoms with E-state index < -0.39 is 0 Å². The summed E-state index contributed by atoms with van der Waals surface area (Å²) in [6.45, 7) is 4.47. The van der Waals surface area contributed by atoms with E-state index in [1.807, 2.05) is 18.7 Å². The van der Waals surface area contributed by atoms with Crippen LogP contribution in [0.15, 0.2) is 17.2 Å². The van der Waals surface area contributed by atoms with Gasteiger partial charge in [-0.25, -0.2) is 4.98 Å². The molecule has 5 nitrogen and oxygen atoms in total. The Balaban J connectivity index is 2.36. The first-order valence-corrected chi connectivity index (χ1v) is 6.09. The number of nitrogens with zero attached hydrogens (tertiary/aromatic N) is 3. The maximum absolute atomic E-state index is 12.2. The number of aliphatic hydroxyl groups excluding tert-OH is 1. The first-order valence-electron chi connectivity index (χ1n) is 6.09. The maximum Gasteiger partial charge on any atom is 0.293 e. The summed E-state index contributed by atoms with van der Waals surface area (Å²) in [4.78, 5) is 18.4. The summed E-state index contributed by atoms with van der Waals surface area (Å²) >= 11 is 0. The van der Waals surface area contributed by atoms with Crippen LogP contribution in [-0.2, 0) is 0 Å². The molecule has 0 amide bonds. The highest BCUT2D eigenvalue weighted by atomic mass is 16.3. The minimum atomic E-state index is -0.0668. The summed E-state index contributed by atoms with van der Waals surface area (Å²) in [6, 6.07) is 0.504. The molecule has 0 atom stereocenters. The van der Waals surface area contributed by atoms with Crippen LogP contribution in [0.2, 0.25) is 0 Å². The Hall–Kier alpha value is -1.36. The van der Waals surface area contributed by atoms with Crippen LogP contribution >= 0.6 is 0 Å². The largest absolute Gasteiger partial charge is 0.395 e. The van der Waals surface area contributed by atoms with Crippen LogP contribution in [-0.4, -0.2) is 33.9 Å². The molecular weight excluding hydrogens is 218 g/mol. The smallest absolute Gasteiger partial charge is 0.293 e. The van der Waals surface area contributed by atoms with Gasteiger partial charge in [-0.2, -0.15) is 0 Å². The first kappa shape index (κ1) is 12.1. The molecule has 1 aromatic rings. The fourth-order valence-electron chi connectivity index (χ4n) is 1.97. The van der Waals surface area contributed by atoms with Crippen LogP contribution in [0.4, 0.5) is 5.82 Å². The maximum atomic E-state index is 12.2. The average molecular weight is 237 g/mol. The number of rotatable bonds is 5. The number of aromatic nitrogens is 2. The van der Waals surface area contributed by atoms with Crippen molar-refractivity contribution in [3.05, 3.63) is 22.7 Å². The molecule has 0 radical (unpaired) electrons. The molecule has 1 fully saturated rings. The van der Waals surface area contributed by atoms with Crippen molar-refractivity contribution in [1.82, 2.24) is 9.55 Å². The summed E-state index contributed by atoms with van der Waals surface area (Å²) < 4.78 is 1.68. The fourth-order valence-corrected chi connectivity index (χ4v) is 1.97. The summed E-state index contributed by atoms with van der Waals surface area (Å²) in [7, 11) is 0. The minimum Gasteiger partial charge on any atom is -0.395 e. The van der Waals surface area contributed by atoms with Gasteiger partial charge in [-0.15, -0.1) is 0 Å². The fraction of sp³-hybridized carbons (Fsp3) is 0.667. The van der Waals surface area contributed by atoms with Gasteiger partial charge < -0.3 is 14.6 Å². The molecule has 1 heterocycles. The van der Waals surface area contributed by atoms with Gasteiger partial charge in [0.25, 0.3) is 5.56 Å². The lowest BCUT2D eigenvalue weighted by atomic mass is 10.3. The topological polar surface area (TPSA) is 58.4 Å². The summed E-state index contributed by atoms with van der Waals surface area (Å²) in [6.07, 6.45) is 5.53. The molecule has 5 heteroatoms. The third kappa shape index (κ3) is 2.49. The molecule has 1 aliphatic carbocycles. The van der Waals surface area contributed by atoms with E-state index >= 15 is 0 Å². The Bertz CT molecular complexity index is 438. The Kier molecular flexibility index (Phi) is 3.47. The highest BCUT2D eigenvalue weighted by Crippen LogP contribution is 2.28. The minimum absolute atomic E-state index is 0.0498. The van der Waals surface area contributed by atoms with Crippen LogP contribution in [0, 0.1) is 0 Å². The van der Waals surface area contributed by atoms with Gasteiger partial charge in [-0.1, -0.05) is 0 Å². The number of hydrogen-bond acceptors (Lipinski definition) is 4. The summed E-state index contributed by atoms with van der Waals surface area (Å²) in [5.74, 6) is 0.470. The molecule has 1 aromatic heterocycles. The molecule has 0 bridgehead atoms. The number of aliphatic hydroxyl groups is 1. The van der Waals surface area contributed by atoms with E-state index in [0.29, 0.717) is 18.4 Å². The van der Waals surface area contributed by atoms with Crippen molar-refractivity contribution >= 4 is 5.82 Å². The van der Waals surface area contributed by atoms with Gasteiger partial charge in [0, 0.05) is 31.0 Å². The van der Waals surface area contributed by atoms with E-state index in [-0.39, 0.29) is 18.2 Å². The molecule has 1 N–H and O–H groups in total. The zero-order valence-corrected chi connectivity index (χ0v) is 10.3. The summed E-state index contributed by atoms with van der Waals surface area (Å²) in [5, 5.41) is 9.07. The van der Waals surface area contributed by atoms with Crippen LogP contribution < -0.4 is 10.5 Å². The van der Waals surface area contributed by atoms with E-state index in [1.165, 1.54) is 0 Å². The van der Waals surface area contributed by atoms with Crippen molar-refractivity contribution in [1.29, 1.82) is 0 Å². The molecule has 2 rings (SSSR count). The van der Waals surface area contributed by atoms with Crippen molar-refractivity contribution < 1.29 is 5.11 Å². The normalized spacial score (nSPS) is 15.3. The monoisotopic (exact) mass is 237 g/mol. The highest BCUT2D eigenvalue weighted by molar-refractivity contribution is 5.39. The third-order valence-corrected chi connectivity index (χ3v) is 3.01. The zero-order chi connectivity index (χ0) is 12.4. The molecule has 0 aliphatic heterocycles. The van der Waals surface area contributed by atoms with Gasteiger partial charge in [0.2, 0.25) is 0 Å². The molecule has 1 aliphatic rings.